The van der Waals surface area contributed by atoms with E-state index in [1.807, 2.05) is 31.2 Å². The predicted molar refractivity (Wildman–Crippen MR) is 207 cm³/mol. The van der Waals surface area contributed by atoms with Gasteiger partial charge in [0.05, 0.1) is 17.4 Å². The Morgan fingerprint density at radius 1 is 0.571 bits per heavy atom. The fourth-order valence-electron chi connectivity index (χ4n) is 7.67. The highest BCUT2D eigenvalue weighted by Crippen LogP contribution is 2.57. The van der Waals surface area contributed by atoms with Gasteiger partial charge in [-0.25, -0.2) is 0 Å². The molecule has 1 heterocycles. The number of aromatic nitrogens is 1. The second-order valence-corrected chi connectivity index (χ2v) is 12.5. The van der Waals surface area contributed by atoms with E-state index in [1.54, 1.807) is 4.57 Å². The topological polar surface area (TPSA) is 75.0 Å². The number of hydrogen-bond acceptors (Lipinski definition) is 3. The first-order valence-electron chi connectivity index (χ1n) is 16.5. The molecule has 7 aromatic carbocycles. The molecule has 0 saturated heterocycles. The Morgan fingerprint density at radius 2 is 1.08 bits per heavy atom. The standard InChI is InChI=1S/C33H22.C12H13N3O/c1-21-19-20-28-31-24(21)17-10-18-27(31)32-29(22-11-4-2-5-12-22)25-15-8-9-16-26(25)30(33(28)32)23-13-6-3-7-14-23;1-8-9-4-2-3-5-10(9)15(11(8)6-13)12(16)7-14/h2-20H,1H3;2-7,13,16H,14H2,1H3/b;12-7-,13-6?. The summed E-state index contributed by atoms with van der Waals surface area (Å²) in [7, 11) is 0. The van der Waals surface area contributed by atoms with Crippen molar-refractivity contribution in [3.05, 3.63) is 163 Å². The van der Waals surface area contributed by atoms with Gasteiger partial charge in [-0.05, 0) is 97.1 Å². The van der Waals surface area contributed by atoms with Crippen molar-refractivity contribution >= 4 is 44.5 Å². The lowest BCUT2D eigenvalue weighted by Gasteiger charge is -2.20. The molecule has 8 aromatic rings. The molecule has 0 bridgehead atoms. The van der Waals surface area contributed by atoms with Gasteiger partial charge >= 0.3 is 0 Å². The van der Waals surface area contributed by atoms with Crippen LogP contribution in [0.15, 0.2) is 146 Å². The van der Waals surface area contributed by atoms with Crippen LogP contribution in [0, 0.1) is 19.3 Å². The first-order chi connectivity index (χ1) is 24.0. The summed E-state index contributed by atoms with van der Waals surface area (Å²) in [5.41, 5.74) is 19.7. The molecule has 9 rings (SSSR count). The third-order valence-corrected chi connectivity index (χ3v) is 9.83. The van der Waals surface area contributed by atoms with Crippen LogP contribution in [0.2, 0.25) is 0 Å². The van der Waals surface area contributed by atoms with Crippen LogP contribution in [0.3, 0.4) is 0 Å². The van der Waals surface area contributed by atoms with Crippen molar-refractivity contribution in [2.75, 3.05) is 0 Å². The second-order valence-electron chi connectivity index (χ2n) is 12.5. The first-order valence-corrected chi connectivity index (χ1v) is 16.5. The first kappa shape index (κ1) is 30.0. The lowest BCUT2D eigenvalue weighted by atomic mass is 9.82. The molecule has 0 radical (unpaired) electrons. The largest absolute Gasteiger partial charge is 0.493 e. The molecule has 0 amide bonds. The highest BCUT2D eigenvalue weighted by Gasteiger charge is 2.30. The van der Waals surface area contributed by atoms with E-state index in [9.17, 15) is 5.11 Å². The van der Waals surface area contributed by atoms with Crippen LogP contribution in [0.25, 0.3) is 82.8 Å². The molecular formula is C45H35N3O. The number of aliphatic hydroxyl groups excluding tert-OH is 1. The minimum Gasteiger partial charge on any atom is -0.493 e. The number of benzene rings is 7. The summed E-state index contributed by atoms with van der Waals surface area (Å²) >= 11 is 0. The zero-order valence-corrected chi connectivity index (χ0v) is 27.4. The smallest absolute Gasteiger partial charge is 0.212 e. The second kappa shape index (κ2) is 12.0. The van der Waals surface area contributed by atoms with Gasteiger partial charge in [0.2, 0.25) is 5.88 Å². The van der Waals surface area contributed by atoms with E-state index in [-0.39, 0.29) is 5.88 Å². The highest BCUT2D eigenvalue weighted by atomic mass is 16.3. The van der Waals surface area contributed by atoms with Gasteiger partial charge in [-0.1, -0.05) is 133 Å². The van der Waals surface area contributed by atoms with E-state index < -0.39 is 0 Å². The molecule has 1 aromatic heterocycles. The van der Waals surface area contributed by atoms with Crippen LogP contribution in [-0.4, -0.2) is 15.9 Å². The predicted octanol–water partition coefficient (Wildman–Crippen LogP) is 11.5. The van der Waals surface area contributed by atoms with Gasteiger partial charge in [-0.2, -0.15) is 0 Å². The van der Waals surface area contributed by atoms with Crippen molar-refractivity contribution in [1.82, 2.24) is 4.57 Å². The molecule has 0 atom stereocenters. The fraction of sp³-hybridized carbons (Fsp3) is 0.0444. The van der Waals surface area contributed by atoms with Crippen molar-refractivity contribution < 1.29 is 5.11 Å². The van der Waals surface area contributed by atoms with E-state index in [4.69, 9.17) is 11.1 Å². The molecule has 0 aliphatic heterocycles. The van der Waals surface area contributed by atoms with Crippen molar-refractivity contribution in [2.45, 2.75) is 13.8 Å². The number of rotatable bonds is 4. The molecule has 4 heteroatoms. The SMILES string of the molecule is Cc1c(C=N)n(/C(O)=C/N)c2ccccc12.Cc1ccc2c3c(cccc13)-c1c-2c(-c2ccccc2)c2ccccc2c1-c1ccccc1. The number of nitrogens with zero attached hydrogens (tertiary/aromatic N) is 1. The van der Waals surface area contributed by atoms with Crippen LogP contribution >= 0.6 is 0 Å². The van der Waals surface area contributed by atoms with E-state index in [0.717, 1.165) is 22.7 Å². The lowest BCUT2D eigenvalue weighted by molar-refractivity contribution is 0.473. The van der Waals surface area contributed by atoms with Crippen molar-refractivity contribution in [3.63, 3.8) is 0 Å². The molecule has 4 N–H and O–H groups in total. The molecule has 0 fully saturated rings. The summed E-state index contributed by atoms with van der Waals surface area (Å²) in [4.78, 5) is 0. The molecule has 0 unspecified atom stereocenters. The quantitative estimate of drug-likeness (QED) is 0.133. The van der Waals surface area contributed by atoms with Crippen molar-refractivity contribution in [1.29, 1.82) is 5.41 Å². The van der Waals surface area contributed by atoms with Gasteiger partial charge < -0.3 is 16.2 Å². The van der Waals surface area contributed by atoms with Crippen LogP contribution in [0.1, 0.15) is 16.8 Å². The van der Waals surface area contributed by atoms with Gasteiger partial charge in [-0.15, -0.1) is 0 Å². The minimum atomic E-state index is -0.0669. The van der Waals surface area contributed by atoms with Gasteiger partial charge in [0.15, 0.2) is 0 Å². The maximum absolute atomic E-state index is 9.75. The maximum atomic E-state index is 9.75. The average Bonchev–Trinajstić information content (AvgIpc) is 3.64. The molecule has 236 valence electrons. The Morgan fingerprint density at radius 3 is 1.65 bits per heavy atom. The van der Waals surface area contributed by atoms with Crippen LogP contribution in [0.4, 0.5) is 0 Å². The molecule has 0 spiro atoms. The van der Waals surface area contributed by atoms with Crippen LogP contribution in [-0.2, 0) is 0 Å². The molecule has 4 nitrogen and oxygen atoms in total. The highest BCUT2D eigenvalue weighted by molar-refractivity contribution is 6.27. The molecule has 1 aliphatic rings. The number of aryl methyl sites for hydroxylation is 2. The molecule has 0 saturated carbocycles. The third-order valence-electron chi connectivity index (χ3n) is 9.83. The number of fused-ring (bicyclic) bond motifs is 5. The van der Waals surface area contributed by atoms with Crippen LogP contribution in [0.5, 0.6) is 0 Å². The Balaban J connectivity index is 0.000000184. The maximum Gasteiger partial charge on any atom is 0.212 e. The zero-order valence-electron chi connectivity index (χ0n) is 27.4. The Labute approximate surface area is 285 Å². The minimum absolute atomic E-state index is 0.0669. The van der Waals surface area contributed by atoms with Crippen molar-refractivity contribution in [2.24, 2.45) is 5.73 Å². The normalized spacial score (nSPS) is 11.8. The summed E-state index contributed by atoms with van der Waals surface area (Å²) in [6.45, 7) is 4.14. The number of nitrogens with one attached hydrogen (secondary N) is 1. The zero-order chi connectivity index (χ0) is 33.6. The van der Waals surface area contributed by atoms with E-state index >= 15 is 0 Å². The van der Waals surface area contributed by atoms with Crippen LogP contribution < -0.4 is 5.73 Å². The summed E-state index contributed by atoms with van der Waals surface area (Å²) in [6, 6.07) is 49.8. The summed E-state index contributed by atoms with van der Waals surface area (Å²) in [5, 5.41) is 23.5. The molecular weight excluding hydrogens is 599 g/mol. The Bertz CT molecular complexity index is 2500. The monoisotopic (exact) mass is 633 g/mol. The number of hydrogen-bond donors (Lipinski definition) is 3. The van der Waals surface area contributed by atoms with Gasteiger partial charge in [0.1, 0.15) is 0 Å². The number of para-hydroxylation sites is 1. The Kier molecular flexibility index (Phi) is 7.34. The Hall–Kier alpha value is -6.39. The van der Waals surface area contributed by atoms with Gasteiger partial charge in [0, 0.05) is 11.6 Å². The molecule has 1 aliphatic carbocycles. The third kappa shape index (κ3) is 4.64. The van der Waals surface area contributed by atoms with E-state index in [2.05, 4.69) is 122 Å². The van der Waals surface area contributed by atoms with Gasteiger partial charge in [0.25, 0.3) is 0 Å². The number of aliphatic hydroxyl groups is 1. The number of nitrogens with two attached hydrogens (primary N) is 1. The average molecular weight is 634 g/mol. The summed E-state index contributed by atoms with van der Waals surface area (Å²) in [6.07, 6.45) is 2.34. The fourth-order valence-corrected chi connectivity index (χ4v) is 7.67. The van der Waals surface area contributed by atoms with Crippen molar-refractivity contribution in [3.8, 4) is 44.5 Å². The van der Waals surface area contributed by atoms with E-state index in [1.165, 1.54) is 77.8 Å². The lowest BCUT2D eigenvalue weighted by Crippen LogP contribution is -2.03. The summed E-state index contributed by atoms with van der Waals surface area (Å²) in [5.74, 6) is -0.0669. The van der Waals surface area contributed by atoms with E-state index in [0.29, 0.717) is 5.69 Å². The summed E-state index contributed by atoms with van der Waals surface area (Å²) < 4.78 is 1.57. The molecule has 49 heavy (non-hydrogen) atoms. The van der Waals surface area contributed by atoms with Gasteiger partial charge in [-0.3, -0.25) is 4.57 Å².